The van der Waals surface area contributed by atoms with Crippen LogP contribution in [0.15, 0.2) is 30.4 Å². The molecule has 0 aromatic heterocycles. The highest BCUT2D eigenvalue weighted by molar-refractivity contribution is 5.34. The van der Waals surface area contributed by atoms with Crippen LogP contribution in [-0.4, -0.2) is 6.54 Å². The number of benzene rings is 1. The second kappa shape index (κ2) is 6.19. The third-order valence-electron chi connectivity index (χ3n) is 2.74. The van der Waals surface area contributed by atoms with Crippen LogP contribution < -0.4 is 5.32 Å². The van der Waals surface area contributed by atoms with Crippen LogP contribution in [-0.2, 0) is 6.18 Å². The van der Waals surface area contributed by atoms with E-state index in [0.717, 1.165) is 12.5 Å². The molecule has 19 heavy (non-hydrogen) atoms. The predicted octanol–water partition coefficient (Wildman–Crippen LogP) is 4.46. The van der Waals surface area contributed by atoms with Crippen LogP contribution in [0, 0.1) is 5.82 Å². The van der Waals surface area contributed by atoms with Crippen LogP contribution in [0.1, 0.15) is 37.4 Å². The van der Waals surface area contributed by atoms with Gasteiger partial charge < -0.3 is 5.32 Å². The summed E-state index contributed by atoms with van der Waals surface area (Å²) >= 11 is 0. The van der Waals surface area contributed by atoms with Crippen molar-refractivity contribution in [3.63, 3.8) is 0 Å². The lowest BCUT2D eigenvalue weighted by molar-refractivity contribution is -0.140. The Balaban J connectivity index is 3.21. The van der Waals surface area contributed by atoms with Crippen LogP contribution in [0.3, 0.4) is 0 Å². The minimum absolute atomic E-state index is 0.0178. The van der Waals surface area contributed by atoms with Crippen molar-refractivity contribution >= 4 is 0 Å². The lowest BCUT2D eigenvalue weighted by Crippen LogP contribution is -2.24. The van der Waals surface area contributed by atoms with Gasteiger partial charge in [-0.2, -0.15) is 13.2 Å². The maximum Gasteiger partial charge on any atom is 0.419 e. The van der Waals surface area contributed by atoms with E-state index in [0.29, 0.717) is 12.1 Å². The Labute approximate surface area is 110 Å². The summed E-state index contributed by atoms with van der Waals surface area (Å²) in [5, 5.41) is 3.00. The predicted molar refractivity (Wildman–Crippen MR) is 67.3 cm³/mol. The Morgan fingerprint density at radius 3 is 2.47 bits per heavy atom. The van der Waals surface area contributed by atoms with Gasteiger partial charge in [0.2, 0.25) is 0 Å². The van der Waals surface area contributed by atoms with E-state index in [-0.39, 0.29) is 5.56 Å². The quantitative estimate of drug-likeness (QED) is 0.618. The molecule has 0 fully saturated rings. The van der Waals surface area contributed by atoms with Gasteiger partial charge in [0.1, 0.15) is 5.82 Å². The SMILES string of the molecule is C=C(C)C(NCCC)c1cccc(C(F)(F)F)c1F. The lowest BCUT2D eigenvalue weighted by Gasteiger charge is -2.21. The molecule has 0 saturated heterocycles. The molecule has 0 spiro atoms. The zero-order valence-electron chi connectivity index (χ0n) is 10.9. The fourth-order valence-electron chi connectivity index (χ4n) is 1.83. The zero-order valence-corrected chi connectivity index (χ0v) is 10.9. The molecule has 0 aliphatic heterocycles. The largest absolute Gasteiger partial charge is 0.419 e. The van der Waals surface area contributed by atoms with Crippen molar-refractivity contribution in [3.05, 3.63) is 47.3 Å². The van der Waals surface area contributed by atoms with Gasteiger partial charge in [-0.15, -0.1) is 0 Å². The first-order chi connectivity index (χ1) is 8.79. The Hall–Kier alpha value is -1.36. The van der Waals surface area contributed by atoms with Crippen LogP contribution >= 0.6 is 0 Å². The van der Waals surface area contributed by atoms with E-state index in [9.17, 15) is 17.6 Å². The Morgan fingerprint density at radius 1 is 1.37 bits per heavy atom. The number of hydrogen-bond acceptors (Lipinski definition) is 1. The number of halogens is 4. The van der Waals surface area contributed by atoms with E-state index in [4.69, 9.17) is 0 Å². The molecule has 0 aliphatic rings. The van der Waals surface area contributed by atoms with Crippen molar-refractivity contribution in [3.8, 4) is 0 Å². The van der Waals surface area contributed by atoms with Crippen molar-refractivity contribution in [2.24, 2.45) is 0 Å². The minimum atomic E-state index is -4.69. The molecule has 1 nitrogen and oxygen atoms in total. The molecule has 1 aromatic rings. The highest BCUT2D eigenvalue weighted by Crippen LogP contribution is 2.34. The maximum absolute atomic E-state index is 14.0. The van der Waals surface area contributed by atoms with Gasteiger partial charge in [-0.05, 0) is 26.0 Å². The summed E-state index contributed by atoms with van der Waals surface area (Å²) in [6.45, 7) is 7.87. The van der Waals surface area contributed by atoms with Crippen molar-refractivity contribution in [1.82, 2.24) is 5.32 Å². The summed E-state index contributed by atoms with van der Waals surface area (Å²) in [6.07, 6.45) is -3.89. The number of hydrogen-bond donors (Lipinski definition) is 1. The molecule has 0 saturated carbocycles. The topological polar surface area (TPSA) is 12.0 Å². The Morgan fingerprint density at radius 2 is 2.00 bits per heavy atom. The van der Waals surface area contributed by atoms with E-state index in [1.807, 2.05) is 6.92 Å². The monoisotopic (exact) mass is 275 g/mol. The third kappa shape index (κ3) is 3.80. The zero-order chi connectivity index (χ0) is 14.6. The van der Waals surface area contributed by atoms with E-state index >= 15 is 0 Å². The standard InChI is InChI=1S/C14H17F4N/c1-4-8-19-13(9(2)3)10-6-5-7-11(12(10)15)14(16,17)18/h5-7,13,19H,2,4,8H2,1,3H3. The van der Waals surface area contributed by atoms with Crippen LogP contribution in [0.25, 0.3) is 0 Å². The molecule has 0 aliphatic carbocycles. The molecule has 1 unspecified atom stereocenters. The van der Waals surface area contributed by atoms with E-state index < -0.39 is 23.6 Å². The first-order valence-corrected chi connectivity index (χ1v) is 6.03. The lowest BCUT2D eigenvalue weighted by atomic mass is 9.97. The van der Waals surface area contributed by atoms with Crippen LogP contribution in [0.2, 0.25) is 0 Å². The van der Waals surface area contributed by atoms with Gasteiger partial charge in [0.25, 0.3) is 0 Å². The van der Waals surface area contributed by atoms with Crippen LogP contribution in [0.5, 0.6) is 0 Å². The van der Waals surface area contributed by atoms with E-state index in [1.165, 1.54) is 12.1 Å². The fraction of sp³-hybridized carbons (Fsp3) is 0.429. The summed E-state index contributed by atoms with van der Waals surface area (Å²) in [5.41, 5.74) is -0.683. The van der Waals surface area contributed by atoms with Gasteiger partial charge in [0, 0.05) is 5.56 Å². The Kier molecular flexibility index (Phi) is 5.11. The van der Waals surface area contributed by atoms with Gasteiger partial charge in [-0.25, -0.2) is 4.39 Å². The summed E-state index contributed by atoms with van der Waals surface area (Å²) < 4.78 is 52.0. The highest BCUT2D eigenvalue weighted by Gasteiger charge is 2.35. The van der Waals surface area contributed by atoms with Crippen molar-refractivity contribution in [1.29, 1.82) is 0 Å². The molecule has 0 heterocycles. The molecule has 0 bridgehead atoms. The summed E-state index contributed by atoms with van der Waals surface area (Å²) in [4.78, 5) is 0. The number of alkyl halides is 3. The first kappa shape index (κ1) is 15.7. The molecular formula is C14H17F4N. The molecule has 1 atom stereocenters. The summed E-state index contributed by atoms with van der Waals surface area (Å²) in [7, 11) is 0. The average molecular weight is 275 g/mol. The average Bonchev–Trinajstić information content (AvgIpc) is 2.29. The van der Waals surface area contributed by atoms with E-state index in [2.05, 4.69) is 11.9 Å². The Bertz CT molecular complexity index is 451. The van der Waals surface area contributed by atoms with Gasteiger partial charge >= 0.3 is 6.18 Å². The second-order valence-electron chi connectivity index (χ2n) is 4.44. The van der Waals surface area contributed by atoms with E-state index in [1.54, 1.807) is 6.92 Å². The smallest absolute Gasteiger partial charge is 0.306 e. The first-order valence-electron chi connectivity index (χ1n) is 6.03. The molecule has 106 valence electrons. The van der Waals surface area contributed by atoms with Crippen molar-refractivity contribution < 1.29 is 17.6 Å². The fourth-order valence-corrected chi connectivity index (χ4v) is 1.83. The molecule has 1 aromatic carbocycles. The molecule has 0 amide bonds. The third-order valence-corrected chi connectivity index (χ3v) is 2.74. The maximum atomic E-state index is 14.0. The molecule has 5 heteroatoms. The van der Waals surface area contributed by atoms with Gasteiger partial charge in [0.15, 0.2) is 0 Å². The number of rotatable bonds is 5. The van der Waals surface area contributed by atoms with Crippen LogP contribution in [0.4, 0.5) is 17.6 Å². The second-order valence-corrected chi connectivity index (χ2v) is 4.44. The minimum Gasteiger partial charge on any atom is -0.306 e. The molecule has 0 radical (unpaired) electrons. The normalized spacial score (nSPS) is 13.4. The van der Waals surface area contributed by atoms with Gasteiger partial charge in [0.05, 0.1) is 11.6 Å². The number of nitrogens with one attached hydrogen (secondary N) is 1. The van der Waals surface area contributed by atoms with Crippen molar-refractivity contribution in [2.45, 2.75) is 32.5 Å². The van der Waals surface area contributed by atoms with Crippen molar-refractivity contribution in [2.75, 3.05) is 6.54 Å². The molecular weight excluding hydrogens is 258 g/mol. The van der Waals surface area contributed by atoms with Gasteiger partial charge in [-0.1, -0.05) is 31.2 Å². The highest BCUT2D eigenvalue weighted by atomic mass is 19.4. The molecule has 1 rings (SSSR count). The van der Waals surface area contributed by atoms with Gasteiger partial charge in [-0.3, -0.25) is 0 Å². The summed E-state index contributed by atoms with van der Waals surface area (Å²) in [6, 6.07) is 2.70. The summed E-state index contributed by atoms with van der Waals surface area (Å²) in [5.74, 6) is -1.23. The molecule has 1 N–H and O–H groups in total.